The molecule has 1 N–H and O–H groups in total. The van der Waals surface area contributed by atoms with Crippen molar-refractivity contribution in [2.24, 2.45) is 11.8 Å². The molecule has 2 atom stereocenters. The fourth-order valence-electron chi connectivity index (χ4n) is 3.28. The second kappa shape index (κ2) is 9.75. The Hall–Kier alpha value is -0.120. The summed E-state index contributed by atoms with van der Waals surface area (Å²) in [6, 6.07) is 1.28. The summed E-state index contributed by atoms with van der Waals surface area (Å²) >= 11 is 0. The maximum absolute atomic E-state index is 5.73. The molecule has 2 unspecified atom stereocenters. The van der Waals surface area contributed by atoms with Gasteiger partial charge in [0.2, 0.25) is 0 Å². The van der Waals surface area contributed by atoms with Gasteiger partial charge >= 0.3 is 0 Å². The van der Waals surface area contributed by atoms with Gasteiger partial charge in [0.15, 0.2) is 0 Å². The Morgan fingerprint density at radius 2 is 1.85 bits per heavy atom. The average molecular weight is 284 g/mol. The van der Waals surface area contributed by atoms with Crippen molar-refractivity contribution >= 4 is 0 Å². The number of hydrogen-bond acceptors (Lipinski definition) is 3. The molecule has 1 aliphatic rings. The number of nitrogens with zero attached hydrogens (tertiary/aromatic N) is 1. The van der Waals surface area contributed by atoms with E-state index in [2.05, 4.69) is 44.8 Å². The third-order valence-corrected chi connectivity index (χ3v) is 4.38. The summed E-state index contributed by atoms with van der Waals surface area (Å²) < 4.78 is 5.73. The summed E-state index contributed by atoms with van der Waals surface area (Å²) in [4.78, 5) is 2.71. The summed E-state index contributed by atoms with van der Waals surface area (Å²) in [7, 11) is 0. The van der Waals surface area contributed by atoms with E-state index in [0.717, 1.165) is 31.7 Å². The molecule has 1 heterocycles. The third-order valence-electron chi connectivity index (χ3n) is 4.38. The van der Waals surface area contributed by atoms with E-state index in [4.69, 9.17) is 4.74 Å². The van der Waals surface area contributed by atoms with Gasteiger partial charge < -0.3 is 10.1 Å². The van der Waals surface area contributed by atoms with Crippen molar-refractivity contribution < 1.29 is 4.74 Å². The predicted molar refractivity (Wildman–Crippen MR) is 87.2 cm³/mol. The molecular weight excluding hydrogens is 248 g/mol. The van der Waals surface area contributed by atoms with Crippen LogP contribution in [0.2, 0.25) is 0 Å². The highest BCUT2D eigenvalue weighted by Gasteiger charge is 2.30. The zero-order chi connectivity index (χ0) is 15.0. The molecule has 0 aliphatic carbocycles. The van der Waals surface area contributed by atoms with Crippen LogP contribution in [0.15, 0.2) is 0 Å². The minimum Gasteiger partial charge on any atom is -0.379 e. The fourth-order valence-corrected chi connectivity index (χ4v) is 3.28. The van der Waals surface area contributed by atoms with Crippen LogP contribution in [0.3, 0.4) is 0 Å². The number of hydrogen-bond donors (Lipinski definition) is 1. The Labute approximate surface area is 126 Å². The SMILES string of the molecule is CCCNC1COCC1CN(CC(C)C)C(CC)CC. The van der Waals surface area contributed by atoms with E-state index in [1.54, 1.807) is 0 Å². The van der Waals surface area contributed by atoms with Gasteiger partial charge in [0.1, 0.15) is 0 Å². The maximum atomic E-state index is 5.73. The van der Waals surface area contributed by atoms with E-state index >= 15 is 0 Å². The van der Waals surface area contributed by atoms with Crippen LogP contribution in [-0.2, 0) is 4.74 Å². The van der Waals surface area contributed by atoms with Crippen LogP contribution in [0.5, 0.6) is 0 Å². The first-order valence-corrected chi connectivity index (χ1v) is 8.67. The maximum Gasteiger partial charge on any atom is 0.0623 e. The van der Waals surface area contributed by atoms with E-state index in [1.807, 2.05) is 0 Å². The van der Waals surface area contributed by atoms with Gasteiger partial charge in [0.25, 0.3) is 0 Å². The van der Waals surface area contributed by atoms with Crippen LogP contribution in [0.4, 0.5) is 0 Å². The molecule has 1 rings (SSSR count). The largest absolute Gasteiger partial charge is 0.379 e. The number of rotatable bonds is 10. The quantitative estimate of drug-likeness (QED) is 0.667. The predicted octanol–water partition coefficient (Wildman–Crippen LogP) is 3.15. The lowest BCUT2D eigenvalue weighted by molar-refractivity contribution is 0.123. The van der Waals surface area contributed by atoms with Gasteiger partial charge in [0.05, 0.1) is 13.2 Å². The summed E-state index contributed by atoms with van der Waals surface area (Å²) in [6.45, 7) is 16.8. The van der Waals surface area contributed by atoms with Gasteiger partial charge in [0, 0.05) is 31.1 Å². The lowest BCUT2D eigenvalue weighted by Crippen LogP contribution is -2.46. The van der Waals surface area contributed by atoms with Crippen LogP contribution in [0, 0.1) is 11.8 Å². The molecule has 1 aliphatic heterocycles. The Morgan fingerprint density at radius 1 is 1.15 bits per heavy atom. The first-order chi connectivity index (χ1) is 9.62. The minimum atomic E-state index is 0.555. The Morgan fingerprint density at radius 3 is 2.40 bits per heavy atom. The van der Waals surface area contributed by atoms with Gasteiger partial charge in [-0.2, -0.15) is 0 Å². The van der Waals surface area contributed by atoms with Crippen LogP contribution in [-0.4, -0.2) is 49.8 Å². The standard InChI is InChI=1S/C17H36N2O/c1-6-9-18-17-13-20-12-15(17)11-19(10-14(4)5)16(7-2)8-3/h14-18H,6-13H2,1-5H3. The second-order valence-corrected chi connectivity index (χ2v) is 6.68. The van der Waals surface area contributed by atoms with E-state index in [9.17, 15) is 0 Å². The first kappa shape index (κ1) is 17.9. The Balaban J connectivity index is 2.57. The van der Waals surface area contributed by atoms with Crippen LogP contribution in [0.25, 0.3) is 0 Å². The van der Waals surface area contributed by atoms with E-state index in [0.29, 0.717) is 12.0 Å². The summed E-state index contributed by atoms with van der Waals surface area (Å²) in [5, 5.41) is 3.66. The van der Waals surface area contributed by atoms with Crippen LogP contribution < -0.4 is 5.32 Å². The summed E-state index contributed by atoms with van der Waals surface area (Å²) in [5.74, 6) is 1.39. The lowest BCUT2D eigenvalue weighted by Gasteiger charge is -2.35. The van der Waals surface area contributed by atoms with E-state index in [-0.39, 0.29) is 0 Å². The topological polar surface area (TPSA) is 24.5 Å². The van der Waals surface area contributed by atoms with Crippen molar-refractivity contribution in [2.75, 3.05) is 32.8 Å². The molecule has 1 saturated heterocycles. The van der Waals surface area contributed by atoms with E-state index < -0.39 is 0 Å². The molecule has 0 aromatic rings. The van der Waals surface area contributed by atoms with Gasteiger partial charge in [-0.1, -0.05) is 34.6 Å². The first-order valence-electron chi connectivity index (χ1n) is 8.67. The highest BCUT2D eigenvalue weighted by Crippen LogP contribution is 2.20. The second-order valence-electron chi connectivity index (χ2n) is 6.68. The lowest BCUT2D eigenvalue weighted by atomic mass is 9.99. The van der Waals surface area contributed by atoms with Gasteiger partial charge in [-0.05, 0) is 31.7 Å². The summed E-state index contributed by atoms with van der Waals surface area (Å²) in [6.07, 6.45) is 3.71. The smallest absolute Gasteiger partial charge is 0.0623 e. The molecule has 120 valence electrons. The molecular formula is C17H36N2O. The normalized spacial score (nSPS) is 23.4. The molecule has 0 aromatic carbocycles. The molecule has 20 heavy (non-hydrogen) atoms. The summed E-state index contributed by atoms with van der Waals surface area (Å²) in [5.41, 5.74) is 0. The molecule has 3 heteroatoms. The molecule has 0 aromatic heterocycles. The molecule has 0 bridgehead atoms. The van der Waals surface area contributed by atoms with Gasteiger partial charge in [-0.15, -0.1) is 0 Å². The third kappa shape index (κ3) is 5.71. The molecule has 0 spiro atoms. The highest BCUT2D eigenvalue weighted by atomic mass is 16.5. The highest BCUT2D eigenvalue weighted by molar-refractivity contribution is 4.85. The van der Waals surface area contributed by atoms with E-state index in [1.165, 1.54) is 32.4 Å². The molecule has 0 amide bonds. The van der Waals surface area contributed by atoms with Gasteiger partial charge in [-0.25, -0.2) is 0 Å². The van der Waals surface area contributed by atoms with Crippen LogP contribution in [0.1, 0.15) is 53.9 Å². The van der Waals surface area contributed by atoms with Crippen LogP contribution >= 0.6 is 0 Å². The average Bonchev–Trinajstić information content (AvgIpc) is 2.84. The molecule has 3 nitrogen and oxygen atoms in total. The molecule has 0 radical (unpaired) electrons. The zero-order valence-electron chi connectivity index (χ0n) is 14.3. The minimum absolute atomic E-state index is 0.555. The molecule has 1 fully saturated rings. The van der Waals surface area contributed by atoms with Crippen molar-refractivity contribution in [2.45, 2.75) is 66.0 Å². The Kier molecular flexibility index (Phi) is 8.74. The number of nitrogens with one attached hydrogen (secondary N) is 1. The van der Waals surface area contributed by atoms with Crippen molar-refractivity contribution in [3.63, 3.8) is 0 Å². The fraction of sp³-hybridized carbons (Fsp3) is 1.00. The zero-order valence-corrected chi connectivity index (χ0v) is 14.3. The number of ether oxygens (including phenoxy) is 1. The van der Waals surface area contributed by atoms with Crippen molar-refractivity contribution in [3.8, 4) is 0 Å². The van der Waals surface area contributed by atoms with Gasteiger partial charge in [-0.3, -0.25) is 4.90 Å². The van der Waals surface area contributed by atoms with Crippen molar-refractivity contribution in [1.29, 1.82) is 0 Å². The van der Waals surface area contributed by atoms with Crippen molar-refractivity contribution in [3.05, 3.63) is 0 Å². The molecule has 0 saturated carbocycles. The van der Waals surface area contributed by atoms with Crippen molar-refractivity contribution in [1.82, 2.24) is 10.2 Å². The Bertz CT molecular complexity index is 241. The monoisotopic (exact) mass is 284 g/mol.